The van der Waals surface area contributed by atoms with Crippen LogP contribution in [-0.4, -0.2) is 31.3 Å². The molecule has 1 saturated heterocycles. The van der Waals surface area contributed by atoms with Crippen LogP contribution in [-0.2, 0) is 0 Å². The predicted octanol–water partition coefficient (Wildman–Crippen LogP) is 1.68. The molecule has 0 radical (unpaired) electrons. The molecule has 108 valence electrons. The summed E-state index contributed by atoms with van der Waals surface area (Å²) in [5, 5.41) is 6.49. The number of carbonyl (C=O) groups is 1. The Hall–Kier alpha value is -1.75. The van der Waals surface area contributed by atoms with Crippen LogP contribution in [0.3, 0.4) is 0 Å². The number of piperidine rings is 1. The largest absolute Gasteiger partial charge is 0.454 e. The van der Waals surface area contributed by atoms with Crippen molar-refractivity contribution >= 4 is 5.91 Å². The minimum Gasteiger partial charge on any atom is -0.454 e. The number of amides is 1. The normalized spacial score (nSPS) is 24.4. The molecule has 2 aliphatic rings. The number of benzene rings is 1. The van der Waals surface area contributed by atoms with Crippen molar-refractivity contribution in [3.05, 3.63) is 23.8 Å². The van der Waals surface area contributed by atoms with E-state index in [4.69, 9.17) is 9.47 Å². The summed E-state index contributed by atoms with van der Waals surface area (Å²) in [6.45, 7) is 3.08. The molecule has 3 rings (SSSR count). The summed E-state index contributed by atoms with van der Waals surface area (Å²) in [6.07, 6.45) is 3.55. The van der Waals surface area contributed by atoms with Crippen molar-refractivity contribution in [3.63, 3.8) is 0 Å². The molecule has 1 fully saturated rings. The second-order valence-electron chi connectivity index (χ2n) is 5.47. The molecule has 2 heterocycles. The quantitative estimate of drug-likeness (QED) is 0.882. The van der Waals surface area contributed by atoms with Crippen LogP contribution >= 0.6 is 0 Å². The molecule has 2 N–H and O–H groups in total. The highest BCUT2D eigenvalue weighted by Crippen LogP contribution is 2.32. The van der Waals surface area contributed by atoms with Crippen LogP contribution in [0.4, 0.5) is 0 Å². The lowest BCUT2D eigenvalue weighted by Gasteiger charge is -2.28. The first-order valence-corrected chi connectivity index (χ1v) is 7.16. The zero-order valence-corrected chi connectivity index (χ0v) is 11.6. The number of hydrogen-bond acceptors (Lipinski definition) is 4. The topological polar surface area (TPSA) is 59.6 Å². The van der Waals surface area contributed by atoms with Gasteiger partial charge in [0.05, 0.1) is 0 Å². The van der Waals surface area contributed by atoms with Gasteiger partial charge in [0.2, 0.25) is 6.79 Å². The van der Waals surface area contributed by atoms with Gasteiger partial charge in [0.1, 0.15) is 0 Å². The Kier molecular flexibility index (Phi) is 3.78. The average molecular weight is 276 g/mol. The summed E-state index contributed by atoms with van der Waals surface area (Å²) in [5.41, 5.74) is 0.609. The number of fused-ring (bicyclic) bond motifs is 1. The van der Waals surface area contributed by atoms with Crippen LogP contribution in [0.15, 0.2) is 18.2 Å². The van der Waals surface area contributed by atoms with E-state index in [0.717, 1.165) is 6.42 Å². The molecule has 1 amide bonds. The third-order valence-corrected chi connectivity index (χ3v) is 3.85. The summed E-state index contributed by atoms with van der Waals surface area (Å²) in [4.78, 5) is 12.1. The highest BCUT2D eigenvalue weighted by Gasteiger charge is 2.19. The molecule has 20 heavy (non-hydrogen) atoms. The number of ether oxygens (including phenoxy) is 2. The smallest absolute Gasteiger partial charge is 0.251 e. The van der Waals surface area contributed by atoms with E-state index in [1.54, 1.807) is 18.2 Å². The molecule has 0 aromatic heterocycles. The summed E-state index contributed by atoms with van der Waals surface area (Å²) in [6, 6.07) is 6.18. The van der Waals surface area contributed by atoms with Crippen molar-refractivity contribution < 1.29 is 14.3 Å². The van der Waals surface area contributed by atoms with E-state index < -0.39 is 0 Å². The first-order valence-electron chi connectivity index (χ1n) is 7.16. The first kappa shape index (κ1) is 13.2. The molecular weight excluding hydrogens is 256 g/mol. The molecule has 0 aliphatic carbocycles. The number of rotatable bonds is 3. The lowest BCUT2D eigenvalue weighted by atomic mass is 9.99. The monoisotopic (exact) mass is 276 g/mol. The minimum atomic E-state index is -0.0664. The van der Waals surface area contributed by atoms with E-state index >= 15 is 0 Å². The van der Waals surface area contributed by atoms with Crippen LogP contribution in [0, 0.1) is 0 Å². The third-order valence-electron chi connectivity index (χ3n) is 3.85. The minimum absolute atomic E-state index is 0.0664. The summed E-state index contributed by atoms with van der Waals surface area (Å²) < 4.78 is 10.5. The van der Waals surface area contributed by atoms with E-state index in [-0.39, 0.29) is 12.7 Å². The Bertz CT molecular complexity index is 504. The SMILES string of the molecule is CC1CCCC(CNC(=O)c2ccc3c(c2)OCO3)N1. The van der Waals surface area contributed by atoms with Gasteiger partial charge < -0.3 is 20.1 Å². The second-order valence-corrected chi connectivity index (χ2v) is 5.47. The molecule has 0 bridgehead atoms. The molecule has 1 aromatic carbocycles. The summed E-state index contributed by atoms with van der Waals surface area (Å²) in [7, 11) is 0. The van der Waals surface area contributed by atoms with Gasteiger partial charge in [-0.05, 0) is 38.0 Å². The molecule has 2 unspecified atom stereocenters. The number of carbonyl (C=O) groups excluding carboxylic acids is 1. The molecule has 0 spiro atoms. The average Bonchev–Trinajstić information content (AvgIpc) is 2.92. The molecule has 0 saturated carbocycles. The summed E-state index contributed by atoms with van der Waals surface area (Å²) >= 11 is 0. The van der Waals surface area contributed by atoms with Crippen molar-refractivity contribution in [2.45, 2.75) is 38.3 Å². The lowest BCUT2D eigenvalue weighted by Crippen LogP contribution is -2.47. The van der Waals surface area contributed by atoms with Gasteiger partial charge in [-0.15, -0.1) is 0 Å². The Morgan fingerprint density at radius 3 is 3.05 bits per heavy atom. The van der Waals surface area contributed by atoms with E-state index in [9.17, 15) is 4.79 Å². The van der Waals surface area contributed by atoms with Gasteiger partial charge in [-0.3, -0.25) is 4.79 Å². The van der Waals surface area contributed by atoms with Crippen LogP contribution in [0.2, 0.25) is 0 Å². The highest BCUT2D eigenvalue weighted by atomic mass is 16.7. The maximum Gasteiger partial charge on any atom is 0.251 e. The Balaban J connectivity index is 1.56. The van der Waals surface area contributed by atoms with Crippen molar-refractivity contribution in [1.82, 2.24) is 10.6 Å². The molecular formula is C15H20N2O3. The van der Waals surface area contributed by atoms with Gasteiger partial charge in [0, 0.05) is 24.2 Å². The second kappa shape index (κ2) is 5.71. The van der Waals surface area contributed by atoms with E-state index in [1.165, 1.54) is 12.8 Å². The molecule has 1 aromatic rings. The van der Waals surface area contributed by atoms with Crippen molar-refractivity contribution in [2.75, 3.05) is 13.3 Å². The molecule has 2 aliphatic heterocycles. The maximum atomic E-state index is 12.1. The van der Waals surface area contributed by atoms with Crippen molar-refractivity contribution in [2.24, 2.45) is 0 Å². The van der Waals surface area contributed by atoms with Crippen LogP contribution in [0.1, 0.15) is 36.5 Å². The zero-order chi connectivity index (χ0) is 13.9. The molecule has 5 heteroatoms. The fourth-order valence-corrected chi connectivity index (χ4v) is 2.76. The maximum absolute atomic E-state index is 12.1. The van der Waals surface area contributed by atoms with Crippen LogP contribution in [0.25, 0.3) is 0 Å². The van der Waals surface area contributed by atoms with Crippen LogP contribution < -0.4 is 20.1 Å². The van der Waals surface area contributed by atoms with Gasteiger partial charge in [0.15, 0.2) is 11.5 Å². The number of hydrogen-bond donors (Lipinski definition) is 2. The fourth-order valence-electron chi connectivity index (χ4n) is 2.76. The van der Waals surface area contributed by atoms with E-state index in [1.807, 2.05) is 0 Å². The van der Waals surface area contributed by atoms with Gasteiger partial charge in [-0.1, -0.05) is 6.42 Å². The molecule has 5 nitrogen and oxygen atoms in total. The van der Waals surface area contributed by atoms with Crippen molar-refractivity contribution in [1.29, 1.82) is 0 Å². The van der Waals surface area contributed by atoms with Crippen LogP contribution in [0.5, 0.6) is 11.5 Å². The lowest BCUT2D eigenvalue weighted by molar-refractivity contribution is 0.0946. The molecule has 2 atom stereocenters. The van der Waals surface area contributed by atoms with Crippen molar-refractivity contribution in [3.8, 4) is 11.5 Å². The standard InChI is InChI=1S/C15H20N2O3/c1-10-3-2-4-12(17-10)8-16-15(18)11-5-6-13-14(7-11)20-9-19-13/h5-7,10,12,17H,2-4,8-9H2,1H3,(H,16,18). The Morgan fingerprint density at radius 1 is 1.35 bits per heavy atom. The Labute approximate surface area is 118 Å². The van der Waals surface area contributed by atoms with Gasteiger partial charge in [-0.25, -0.2) is 0 Å². The Morgan fingerprint density at radius 2 is 2.20 bits per heavy atom. The van der Waals surface area contributed by atoms with Gasteiger partial charge in [-0.2, -0.15) is 0 Å². The summed E-state index contributed by atoms with van der Waals surface area (Å²) in [5.74, 6) is 1.27. The highest BCUT2D eigenvalue weighted by molar-refractivity contribution is 5.94. The fraction of sp³-hybridized carbons (Fsp3) is 0.533. The van der Waals surface area contributed by atoms with E-state index in [2.05, 4.69) is 17.6 Å². The van der Waals surface area contributed by atoms with Gasteiger partial charge in [0.25, 0.3) is 5.91 Å². The third kappa shape index (κ3) is 2.88. The van der Waals surface area contributed by atoms with Gasteiger partial charge >= 0.3 is 0 Å². The zero-order valence-electron chi connectivity index (χ0n) is 11.6. The van der Waals surface area contributed by atoms with E-state index in [0.29, 0.717) is 35.7 Å². The predicted molar refractivity (Wildman–Crippen MR) is 75.1 cm³/mol. The number of nitrogens with one attached hydrogen (secondary N) is 2. The first-order chi connectivity index (χ1) is 9.72.